The van der Waals surface area contributed by atoms with Crippen LogP contribution in [0, 0.1) is 11.6 Å². The van der Waals surface area contributed by atoms with Gasteiger partial charge in [-0.1, -0.05) is 12.1 Å². The maximum atomic E-state index is 13.0. The van der Waals surface area contributed by atoms with Crippen LogP contribution < -0.4 is 5.32 Å². The van der Waals surface area contributed by atoms with Crippen LogP contribution in [0.15, 0.2) is 59.1 Å². The van der Waals surface area contributed by atoms with Crippen molar-refractivity contribution in [3.8, 4) is 11.3 Å². The molecule has 0 fully saturated rings. The van der Waals surface area contributed by atoms with Gasteiger partial charge in [-0.05, 0) is 48.9 Å². The third kappa shape index (κ3) is 4.53. The van der Waals surface area contributed by atoms with E-state index >= 15 is 0 Å². The summed E-state index contributed by atoms with van der Waals surface area (Å²) in [6.45, 7) is 1.84. The maximum absolute atomic E-state index is 13.0. The smallest absolute Gasteiger partial charge is 0.220 e. The van der Waals surface area contributed by atoms with E-state index in [1.807, 2.05) is 6.92 Å². The number of nitrogens with one attached hydrogen (secondary N) is 1. The van der Waals surface area contributed by atoms with Crippen LogP contribution in [-0.4, -0.2) is 10.9 Å². The zero-order valence-corrected chi connectivity index (χ0v) is 14.2. The molecule has 0 aliphatic rings. The summed E-state index contributed by atoms with van der Waals surface area (Å²) in [7, 11) is 0. The fourth-order valence-corrected chi connectivity index (χ4v) is 2.54. The molecule has 0 aliphatic carbocycles. The molecule has 4 nitrogen and oxygen atoms in total. The Hall–Kier alpha value is -3.02. The highest BCUT2D eigenvalue weighted by molar-refractivity contribution is 5.76. The minimum Gasteiger partial charge on any atom is -0.441 e. The van der Waals surface area contributed by atoms with Crippen molar-refractivity contribution in [1.82, 2.24) is 10.3 Å². The predicted molar refractivity (Wildman–Crippen MR) is 93.2 cm³/mol. The number of aromatic nitrogens is 1. The number of hydrogen-bond acceptors (Lipinski definition) is 3. The lowest BCUT2D eigenvalue weighted by atomic mass is 10.1. The molecular formula is C20H18F2N2O2. The highest BCUT2D eigenvalue weighted by Crippen LogP contribution is 2.21. The second-order valence-electron chi connectivity index (χ2n) is 5.97. The average Bonchev–Trinajstić information content (AvgIpc) is 3.10. The van der Waals surface area contributed by atoms with Crippen LogP contribution in [0.4, 0.5) is 8.78 Å². The van der Waals surface area contributed by atoms with Crippen molar-refractivity contribution in [1.29, 1.82) is 0 Å². The number of aryl methyl sites for hydroxylation is 1. The number of carbonyl (C=O) groups excluding carboxylic acids is 1. The average molecular weight is 356 g/mol. The zero-order chi connectivity index (χ0) is 18.5. The summed E-state index contributed by atoms with van der Waals surface area (Å²) in [6, 6.07) is 11.7. The number of carbonyl (C=O) groups is 1. The van der Waals surface area contributed by atoms with Crippen molar-refractivity contribution in [3.05, 3.63) is 77.8 Å². The van der Waals surface area contributed by atoms with Crippen LogP contribution in [0.1, 0.15) is 30.8 Å². The van der Waals surface area contributed by atoms with Crippen molar-refractivity contribution in [2.75, 3.05) is 0 Å². The van der Waals surface area contributed by atoms with E-state index in [1.54, 1.807) is 30.5 Å². The molecule has 1 amide bonds. The highest BCUT2D eigenvalue weighted by Gasteiger charge is 2.12. The first kappa shape index (κ1) is 17.8. The fraction of sp³-hybridized carbons (Fsp3) is 0.200. The molecule has 0 radical (unpaired) electrons. The molecule has 2 aromatic carbocycles. The summed E-state index contributed by atoms with van der Waals surface area (Å²) >= 11 is 0. The number of hydrogen-bond donors (Lipinski definition) is 1. The molecule has 1 heterocycles. The molecule has 134 valence electrons. The van der Waals surface area contributed by atoms with E-state index in [4.69, 9.17) is 4.42 Å². The Kier molecular flexibility index (Phi) is 5.41. The Labute approximate surface area is 149 Å². The van der Waals surface area contributed by atoms with Crippen LogP contribution >= 0.6 is 0 Å². The molecule has 1 N–H and O–H groups in total. The van der Waals surface area contributed by atoms with Crippen LogP contribution in [0.2, 0.25) is 0 Å². The van der Waals surface area contributed by atoms with Gasteiger partial charge in [-0.25, -0.2) is 13.8 Å². The lowest BCUT2D eigenvalue weighted by molar-refractivity contribution is -0.121. The third-order valence-electron chi connectivity index (χ3n) is 4.00. The van der Waals surface area contributed by atoms with Gasteiger partial charge in [0.15, 0.2) is 11.7 Å². The molecule has 0 unspecified atom stereocenters. The van der Waals surface area contributed by atoms with Gasteiger partial charge < -0.3 is 9.73 Å². The Balaban J connectivity index is 1.53. The van der Waals surface area contributed by atoms with Crippen molar-refractivity contribution in [2.24, 2.45) is 0 Å². The van der Waals surface area contributed by atoms with Gasteiger partial charge in [-0.15, -0.1) is 0 Å². The van der Waals surface area contributed by atoms with Gasteiger partial charge in [0, 0.05) is 18.4 Å². The minimum absolute atomic E-state index is 0.150. The molecule has 3 aromatic rings. The molecule has 1 aromatic heterocycles. The summed E-state index contributed by atoms with van der Waals surface area (Å²) in [4.78, 5) is 16.2. The number of halogens is 2. The second-order valence-corrected chi connectivity index (χ2v) is 5.97. The van der Waals surface area contributed by atoms with E-state index in [2.05, 4.69) is 10.3 Å². The SMILES string of the molecule is C[C@H](NC(=O)CCc1ncc(-c2ccc(F)cc2)o1)c1ccc(F)cc1. The van der Waals surface area contributed by atoms with Crippen molar-refractivity contribution in [2.45, 2.75) is 25.8 Å². The fourth-order valence-electron chi connectivity index (χ4n) is 2.54. The van der Waals surface area contributed by atoms with Gasteiger partial charge in [0.2, 0.25) is 5.91 Å². The van der Waals surface area contributed by atoms with Crippen LogP contribution in [0.25, 0.3) is 11.3 Å². The molecule has 0 bridgehead atoms. The summed E-state index contributed by atoms with van der Waals surface area (Å²) in [5.41, 5.74) is 1.55. The van der Waals surface area contributed by atoms with E-state index in [0.717, 1.165) is 11.1 Å². The van der Waals surface area contributed by atoms with Crippen LogP contribution in [0.3, 0.4) is 0 Å². The van der Waals surface area contributed by atoms with Gasteiger partial charge in [-0.3, -0.25) is 4.79 Å². The van der Waals surface area contributed by atoms with E-state index in [1.165, 1.54) is 24.3 Å². The summed E-state index contributed by atoms with van der Waals surface area (Å²) in [5, 5.41) is 2.86. The van der Waals surface area contributed by atoms with Crippen LogP contribution in [0.5, 0.6) is 0 Å². The number of oxazole rings is 1. The van der Waals surface area contributed by atoms with Gasteiger partial charge in [0.1, 0.15) is 11.6 Å². The standard InChI is InChI=1S/C20H18F2N2O2/c1-13(14-2-6-16(21)7-3-14)24-19(25)10-11-20-23-12-18(26-20)15-4-8-17(22)9-5-15/h2-9,12-13H,10-11H2,1H3,(H,24,25)/t13-/m0/s1. The number of rotatable bonds is 6. The Morgan fingerprint density at radius 3 is 2.35 bits per heavy atom. The molecular weight excluding hydrogens is 338 g/mol. The first-order chi connectivity index (χ1) is 12.5. The molecule has 0 spiro atoms. The molecule has 26 heavy (non-hydrogen) atoms. The predicted octanol–water partition coefficient (Wildman–Crippen LogP) is 4.43. The first-order valence-corrected chi connectivity index (χ1v) is 8.27. The highest BCUT2D eigenvalue weighted by atomic mass is 19.1. The topological polar surface area (TPSA) is 55.1 Å². The van der Waals surface area contributed by atoms with E-state index in [-0.39, 0.29) is 30.0 Å². The lowest BCUT2D eigenvalue weighted by Gasteiger charge is -2.14. The Morgan fingerprint density at radius 1 is 1.08 bits per heavy atom. The molecule has 3 rings (SSSR count). The molecule has 0 saturated heterocycles. The molecule has 0 saturated carbocycles. The monoisotopic (exact) mass is 356 g/mol. The van der Waals surface area contributed by atoms with Gasteiger partial charge >= 0.3 is 0 Å². The second kappa shape index (κ2) is 7.91. The quantitative estimate of drug-likeness (QED) is 0.711. The Morgan fingerprint density at radius 2 is 1.69 bits per heavy atom. The van der Waals surface area contributed by atoms with E-state index in [9.17, 15) is 13.6 Å². The molecule has 1 atom stereocenters. The summed E-state index contributed by atoms with van der Waals surface area (Å²) < 4.78 is 31.5. The largest absolute Gasteiger partial charge is 0.441 e. The maximum Gasteiger partial charge on any atom is 0.220 e. The van der Waals surface area contributed by atoms with Crippen molar-refractivity contribution >= 4 is 5.91 Å². The number of nitrogens with zero attached hydrogens (tertiary/aromatic N) is 1. The Bertz CT molecular complexity index is 874. The van der Waals surface area contributed by atoms with Crippen molar-refractivity contribution < 1.29 is 18.0 Å². The van der Waals surface area contributed by atoms with Gasteiger partial charge in [0.25, 0.3) is 0 Å². The normalized spacial score (nSPS) is 12.0. The van der Waals surface area contributed by atoms with Crippen molar-refractivity contribution in [3.63, 3.8) is 0 Å². The summed E-state index contributed by atoms with van der Waals surface area (Å²) in [5.74, 6) is 0.186. The number of benzene rings is 2. The summed E-state index contributed by atoms with van der Waals surface area (Å²) in [6.07, 6.45) is 2.12. The first-order valence-electron chi connectivity index (χ1n) is 8.27. The van der Waals surface area contributed by atoms with Gasteiger partial charge in [0.05, 0.1) is 12.2 Å². The minimum atomic E-state index is -0.319. The molecule has 6 heteroatoms. The third-order valence-corrected chi connectivity index (χ3v) is 4.00. The molecule has 0 aliphatic heterocycles. The van der Waals surface area contributed by atoms with Crippen LogP contribution in [-0.2, 0) is 11.2 Å². The van der Waals surface area contributed by atoms with E-state index < -0.39 is 0 Å². The van der Waals surface area contributed by atoms with Gasteiger partial charge in [-0.2, -0.15) is 0 Å². The zero-order valence-electron chi connectivity index (χ0n) is 14.2. The number of amides is 1. The lowest BCUT2D eigenvalue weighted by Crippen LogP contribution is -2.26. The van der Waals surface area contributed by atoms with E-state index in [0.29, 0.717) is 18.1 Å².